The van der Waals surface area contributed by atoms with E-state index in [4.69, 9.17) is 0 Å². The van der Waals surface area contributed by atoms with E-state index in [1.807, 2.05) is 0 Å². The third-order valence-corrected chi connectivity index (χ3v) is 3.44. The standard InChI is InChI=1S/C13H19N/c1-10-6-4-5-7-11(10)12-8-14-9-13(12,2)3/h4-7,12,14H,8-9H2,1-3H3. The van der Waals surface area contributed by atoms with Crippen molar-refractivity contribution in [2.45, 2.75) is 26.7 Å². The van der Waals surface area contributed by atoms with Crippen LogP contribution in [-0.4, -0.2) is 13.1 Å². The van der Waals surface area contributed by atoms with E-state index in [1.54, 1.807) is 0 Å². The fourth-order valence-electron chi connectivity index (χ4n) is 2.45. The Hall–Kier alpha value is -0.820. The van der Waals surface area contributed by atoms with Gasteiger partial charge in [0.15, 0.2) is 0 Å². The van der Waals surface area contributed by atoms with Crippen molar-refractivity contribution in [3.63, 3.8) is 0 Å². The van der Waals surface area contributed by atoms with Crippen LogP contribution in [0.15, 0.2) is 24.3 Å². The normalized spacial score (nSPS) is 25.2. The molecule has 1 aliphatic heterocycles. The second kappa shape index (κ2) is 3.39. The summed E-state index contributed by atoms with van der Waals surface area (Å²) in [5, 5.41) is 3.49. The molecule has 0 radical (unpaired) electrons. The SMILES string of the molecule is Cc1ccccc1C1CNCC1(C)C. The quantitative estimate of drug-likeness (QED) is 0.716. The van der Waals surface area contributed by atoms with Crippen molar-refractivity contribution in [1.82, 2.24) is 5.32 Å². The molecule has 1 heteroatoms. The summed E-state index contributed by atoms with van der Waals surface area (Å²) in [6.45, 7) is 9.17. The molecule has 1 N–H and O–H groups in total. The Morgan fingerprint density at radius 2 is 2.00 bits per heavy atom. The van der Waals surface area contributed by atoms with E-state index in [0.717, 1.165) is 13.1 Å². The van der Waals surface area contributed by atoms with Gasteiger partial charge in [-0.2, -0.15) is 0 Å². The number of hydrogen-bond acceptors (Lipinski definition) is 1. The lowest BCUT2D eigenvalue weighted by Crippen LogP contribution is -2.21. The Kier molecular flexibility index (Phi) is 2.36. The molecule has 1 aliphatic rings. The van der Waals surface area contributed by atoms with Gasteiger partial charge in [-0.15, -0.1) is 0 Å². The van der Waals surface area contributed by atoms with Crippen LogP contribution in [0.2, 0.25) is 0 Å². The van der Waals surface area contributed by atoms with Gasteiger partial charge in [-0.1, -0.05) is 38.1 Å². The summed E-state index contributed by atoms with van der Waals surface area (Å²) in [7, 11) is 0. The molecule has 0 spiro atoms. The van der Waals surface area contributed by atoms with Crippen LogP contribution in [0.1, 0.15) is 30.9 Å². The molecule has 2 rings (SSSR count). The highest BCUT2D eigenvalue weighted by molar-refractivity contribution is 5.32. The molecule has 1 unspecified atom stereocenters. The maximum Gasteiger partial charge on any atom is 0.00294 e. The zero-order valence-corrected chi connectivity index (χ0v) is 9.30. The second-order valence-corrected chi connectivity index (χ2v) is 5.03. The van der Waals surface area contributed by atoms with Crippen molar-refractivity contribution in [2.24, 2.45) is 5.41 Å². The minimum atomic E-state index is 0.395. The number of hydrogen-bond donors (Lipinski definition) is 1. The second-order valence-electron chi connectivity index (χ2n) is 5.03. The maximum absolute atomic E-state index is 3.49. The lowest BCUT2D eigenvalue weighted by molar-refractivity contribution is 0.362. The highest BCUT2D eigenvalue weighted by atomic mass is 14.9. The number of aryl methyl sites for hydroxylation is 1. The molecule has 0 amide bonds. The lowest BCUT2D eigenvalue weighted by Gasteiger charge is -2.27. The van der Waals surface area contributed by atoms with Crippen LogP contribution in [-0.2, 0) is 0 Å². The van der Waals surface area contributed by atoms with E-state index < -0.39 is 0 Å². The fraction of sp³-hybridized carbons (Fsp3) is 0.538. The number of nitrogens with one attached hydrogen (secondary N) is 1. The zero-order chi connectivity index (χ0) is 10.2. The molecule has 0 aliphatic carbocycles. The van der Waals surface area contributed by atoms with Gasteiger partial charge in [0.2, 0.25) is 0 Å². The summed E-state index contributed by atoms with van der Waals surface area (Å²) in [5.41, 5.74) is 3.34. The smallest absolute Gasteiger partial charge is 0.00294 e. The molecule has 1 fully saturated rings. The summed E-state index contributed by atoms with van der Waals surface area (Å²) in [6, 6.07) is 8.75. The van der Waals surface area contributed by atoms with Crippen molar-refractivity contribution in [1.29, 1.82) is 0 Å². The summed E-state index contributed by atoms with van der Waals surface area (Å²) in [4.78, 5) is 0. The minimum Gasteiger partial charge on any atom is -0.316 e. The van der Waals surface area contributed by atoms with Gasteiger partial charge in [0.25, 0.3) is 0 Å². The van der Waals surface area contributed by atoms with Crippen LogP contribution in [0, 0.1) is 12.3 Å². The van der Waals surface area contributed by atoms with Crippen molar-refractivity contribution in [2.75, 3.05) is 13.1 Å². The van der Waals surface area contributed by atoms with Crippen LogP contribution in [0.4, 0.5) is 0 Å². The number of rotatable bonds is 1. The van der Waals surface area contributed by atoms with Gasteiger partial charge in [-0.25, -0.2) is 0 Å². The van der Waals surface area contributed by atoms with Gasteiger partial charge in [-0.05, 0) is 23.5 Å². The summed E-state index contributed by atoms with van der Waals surface area (Å²) in [5.74, 6) is 0.670. The third-order valence-electron chi connectivity index (χ3n) is 3.44. The van der Waals surface area contributed by atoms with Gasteiger partial charge < -0.3 is 5.32 Å². The molecular weight excluding hydrogens is 170 g/mol. The Balaban J connectivity index is 2.36. The molecule has 0 saturated carbocycles. The molecule has 1 saturated heterocycles. The van der Waals surface area contributed by atoms with Crippen molar-refractivity contribution < 1.29 is 0 Å². The van der Waals surface area contributed by atoms with Crippen LogP contribution in [0.25, 0.3) is 0 Å². The molecule has 1 nitrogen and oxygen atoms in total. The van der Waals surface area contributed by atoms with Crippen molar-refractivity contribution in [3.05, 3.63) is 35.4 Å². The first-order chi connectivity index (χ1) is 6.61. The molecule has 76 valence electrons. The molecule has 1 heterocycles. The minimum absolute atomic E-state index is 0.395. The fourth-order valence-corrected chi connectivity index (χ4v) is 2.45. The molecule has 0 bridgehead atoms. The summed E-state index contributed by atoms with van der Waals surface area (Å²) >= 11 is 0. The van der Waals surface area contributed by atoms with Crippen LogP contribution in [0.5, 0.6) is 0 Å². The molecule has 0 aromatic heterocycles. The van der Waals surface area contributed by atoms with Crippen LogP contribution >= 0.6 is 0 Å². The van der Waals surface area contributed by atoms with E-state index in [1.165, 1.54) is 11.1 Å². The van der Waals surface area contributed by atoms with Gasteiger partial charge in [0.05, 0.1) is 0 Å². The van der Waals surface area contributed by atoms with E-state index in [0.29, 0.717) is 11.3 Å². The predicted octanol–water partition coefficient (Wildman–Crippen LogP) is 2.71. The first kappa shape index (κ1) is 9.72. The van der Waals surface area contributed by atoms with E-state index in [-0.39, 0.29) is 0 Å². The molecule has 1 aromatic carbocycles. The maximum atomic E-state index is 3.49. The lowest BCUT2D eigenvalue weighted by atomic mass is 9.76. The van der Waals surface area contributed by atoms with E-state index >= 15 is 0 Å². The number of benzene rings is 1. The van der Waals surface area contributed by atoms with Crippen molar-refractivity contribution in [3.8, 4) is 0 Å². The van der Waals surface area contributed by atoms with Crippen LogP contribution < -0.4 is 5.32 Å². The molecule has 14 heavy (non-hydrogen) atoms. The molecule has 1 atom stereocenters. The first-order valence-electron chi connectivity index (χ1n) is 5.37. The third kappa shape index (κ3) is 1.57. The zero-order valence-electron chi connectivity index (χ0n) is 9.30. The Bertz CT molecular complexity index is 328. The first-order valence-corrected chi connectivity index (χ1v) is 5.37. The molecular formula is C13H19N. The van der Waals surface area contributed by atoms with Gasteiger partial charge >= 0.3 is 0 Å². The highest BCUT2D eigenvalue weighted by Gasteiger charge is 2.35. The van der Waals surface area contributed by atoms with E-state index in [9.17, 15) is 0 Å². The van der Waals surface area contributed by atoms with Gasteiger partial charge in [-0.3, -0.25) is 0 Å². The Morgan fingerprint density at radius 1 is 1.29 bits per heavy atom. The topological polar surface area (TPSA) is 12.0 Å². The van der Waals surface area contributed by atoms with Crippen molar-refractivity contribution >= 4 is 0 Å². The average molecular weight is 189 g/mol. The summed E-state index contributed by atoms with van der Waals surface area (Å²) < 4.78 is 0. The van der Waals surface area contributed by atoms with E-state index in [2.05, 4.69) is 50.4 Å². The van der Waals surface area contributed by atoms with Gasteiger partial charge in [0.1, 0.15) is 0 Å². The highest BCUT2D eigenvalue weighted by Crippen LogP contribution is 2.39. The predicted molar refractivity (Wildman–Crippen MR) is 60.6 cm³/mol. The average Bonchev–Trinajstić information content (AvgIpc) is 2.46. The van der Waals surface area contributed by atoms with Crippen LogP contribution in [0.3, 0.4) is 0 Å². The Morgan fingerprint density at radius 3 is 2.57 bits per heavy atom. The Labute approximate surface area is 86.5 Å². The van der Waals surface area contributed by atoms with Gasteiger partial charge in [0, 0.05) is 19.0 Å². The summed E-state index contributed by atoms with van der Waals surface area (Å²) in [6.07, 6.45) is 0. The monoisotopic (exact) mass is 189 g/mol. The molecule has 1 aromatic rings. The largest absolute Gasteiger partial charge is 0.316 e.